The first-order chi connectivity index (χ1) is 15.5. The van der Waals surface area contributed by atoms with Crippen LogP contribution in [-0.2, 0) is 12.4 Å². The van der Waals surface area contributed by atoms with Crippen LogP contribution < -0.4 is 0 Å². The number of aromatic nitrogens is 2. The number of likely N-dealkylation sites (tertiary alicyclic amines) is 2. The van der Waals surface area contributed by atoms with E-state index in [0.717, 1.165) is 48.8 Å². The minimum Gasteiger partial charge on any atom is -0.338 e. The first-order valence-electron chi connectivity index (χ1n) is 10.8. The van der Waals surface area contributed by atoms with Crippen molar-refractivity contribution in [2.45, 2.75) is 51.0 Å². The molecule has 0 saturated carbocycles. The van der Waals surface area contributed by atoms with Gasteiger partial charge in [-0.15, -0.1) is 0 Å². The van der Waals surface area contributed by atoms with Crippen LogP contribution in [0.15, 0.2) is 24.3 Å². The lowest BCUT2D eigenvalue weighted by Crippen LogP contribution is -2.46. The number of hydrogen-bond donors (Lipinski definition) is 0. The molecule has 1 aromatic carbocycles. The largest absolute Gasteiger partial charge is 0.435 e. The summed E-state index contributed by atoms with van der Waals surface area (Å²) in [6.07, 6.45) is -6.00. The van der Waals surface area contributed by atoms with Crippen molar-refractivity contribution in [3.05, 3.63) is 46.8 Å². The minimum atomic E-state index is -4.93. The van der Waals surface area contributed by atoms with E-state index in [1.165, 1.54) is 17.9 Å². The second-order valence-electron chi connectivity index (χ2n) is 8.53. The van der Waals surface area contributed by atoms with Gasteiger partial charge in [0.05, 0.1) is 22.5 Å². The first kappa shape index (κ1) is 23.6. The molecule has 11 heteroatoms. The lowest BCUT2D eigenvalue weighted by Gasteiger charge is -2.36. The highest BCUT2D eigenvalue weighted by molar-refractivity contribution is 5.97. The predicted molar refractivity (Wildman–Crippen MR) is 108 cm³/mol. The molecule has 2 aliphatic rings. The van der Waals surface area contributed by atoms with Gasteiger partial charge in [0.2, 0.25) is 0 Å². The third kappa shape index (κ3) is 4.73. The zero-order valence-corrected chi connectivity index (χ0v) is 18.0. The number of carbonyl (C=O) groups excluding carboxylic acids is 1. The molecule has 180 valence electrons. The molecular formula is C22H24F6N4O. The molecule has 1 aromatic heterocycles. The first-order valence-corrected chi connectivity index (χ1v) is 10.8. The van der Waals surface area contributed by atoms with Crippen LogP contribution in [-0.4, -0.2) is 57.7 Å². The Kier molecular flexibility index (Phi) is 6.19. The molecule has 0 spiro atoms. The van der Waals surface area contributed by atoms with E-state index in [-0.39, 0.29) is 11.4 Å². The Balaban J connectivity index is 1.64. The average Bonchev–Trinajstić information content (AvgIpc) is 3.41. The molecule has 33 heavy (non-hydrogen) atoms. The molecule has 2 fully saturated rings. The summed E-state index contributed by atoms with van der Waals surface area (Å²) < 4.78 is 81.4. The van der Waals surface area contributed by atoms with Gasteiger partial charge in [0.15, 0.2) is 5.69 Å². The van der Waals surface area contributed by atoms with Gasteiger partial charge < -0.3 is 9.80 Å². The second-order valence-corrected chi connectivity index (χ2v) is 8.53. The van der Waals surface area contributed by atoms with E-state index in [4.69, 9.17) is 0 Å². The average molecular weight is 474 g/mol. The number of piperidine rings is 1. The SMILES string of the molecule is Cc1c(C(=O)N2CCC(N3CCCC3)CC2)c(C(F)(F)F)nn1-c1cccc(C(F)(F)F)c1. The van der Waals surface area contributed by atoms with Crippen LogP contribution in [0.5, 0.6) is 0 Å². The van der Waals surface area contributed by atoms with Crippen molar-refractivity contribution in [1.29, 1.82) is 0 Å². The standard InChI is InChI=1S/C22H24F6N4O/c1-14-18(20(33)31-11-7-16(8-12-31)30-9-2-3-10-30)19(22(26,27)28)29-32(14)17-6-4-5-15(13-17)21(23,24)25/h4-6,13,16H,2-3,7-12H2,1H3. The van der Waals surface area contributed by atoms with Crippen molar-refractivity contribution in [3.8, 4) is 5.69 Å². The van der Waals surface area contributed by atoms with Gasteiger partial charge in [-0.3, -0.25) is 4.79 Å². The van der Waals surface area contributed by atoms with E-state index < -0.39 is 35.1 Å². The maximum atomic E-state index is 13.8. The summed E-state index contributed by atoms with van der Waals surface area (Å²) in [5, 5.41) is 3.54. The van der Waals surface area contributed by atoms with Crippen LogP contribution in [0, 0.1) is 6.92 Å². The summed E-state index contributed by atoms with van der Waals surface area (Å²) in [7, 11) is 0. The van der Waals surface area contributed by atoms with Gasteiger partial charge in [-0.25, -0.2) is 4.68 Å². The van der Waals surface area contributed by atoms with E-state index in [0.29, 0.717) is 32.0 Å². The lowest BCUT2D eigenvalue weighted by molar-refractivity contribution is -0.142. The molecule has 0 atom stereocenters. The summed E-state index contributed by atoms with van der Waals surface area (Å²) >= 11 is 0. The molecule has 0 bridgehead atoms. The number of nitrogens with zero attached hydrogens (tertiary/aromatic N) is 4. The molecule has 0 N–H and O–H groups in total. The molecular weight excluding hydrogens is 450 g/mol. The van der Waals surface area contributed by atoms with Gasteiger partial charge in [-0.1, -0.05) is 6.07 Å². The Morgan fingerprint density at radius 3 is 2.18 bits per heavy atom. The highest BCUT2D eigenvalue weighted by atomic mass is 19.4. The molecule has 2 aliphatic heterocycles. The zero-order chi connectivity index (χ0) is 24.0. The number of benzene rings is 1. The zero-order valence-electron chi connectivity index (χ0n) is 18.0. The molecule has 0 unspecified atom stereocenters. The van der Waals surface area contributed by atoms with E-state index >= 15 is 0 Å². The molecule has 0 radical (unpaired) electrons. The molecule has 0 aliphatic carbocycles. The fourth-order valence-corrected chi connectivity index (χ4v) is 4.72. The van der Waals surface area contributed by atoms with Crippen molar-refractivity contribution >= 4 is 5.91 Å². The number of amides is 1. The van der Waals surface area contributed by atoms with Crippen molar-refractivity contribution in [1.82, 2.24) is 19.6 Å². The van der Waals surface area contributed by atoms with Crippen molar-refractivity contribution in [2.24, 2.45) is 0 Å². The van der Waals surface area contributed by atoms with Crippen molar-refractivity contribution in [2.75, 3.05) is 26.2 Å². The van der Waals surface area contributed by atoms with Crippen molar-refractivity contribution < 1.29 is 31.1 Å². The maximum absolute atomic E-state index is 13.8. The number of rotatable bonds is 3. The van der Waals surface area contributed by atoms with Crippen LogP contribution in [0.3, 0.4) is 0 Å². The van der Waals surface area contributed by atoms with Crippen LogP contribution in [0.2, 0.25) is 0 Å². The summed E-state index contributed by atoms with van der Waals surface area (Å²) in [6.45, 7) is 3.92. The van der Waals surface area contributed by atoms with Crippen LogP contribution in [0.25, 0.3) is 5.69 Å². The minimum absolute atomic E-state index is 0.145. The molecule has 2 aromatic rings. The number of carbonyl (C=O) groups is 1. The van der Waals surface area contributed by atoms with E-state index in [1.807, 2.05) is 0 Å². The molecule has 4 rings (SSSR count). The van der Waals surface area contributed by atoms with E-state index in [2.05, 4.69) is 10.00 Å². The quantitative estimate of drug-likeness (QED) is 0.594. The van der Waals surface area contributed by atoms with Gasteiger partial charge in [-0.2, -0.15) is 31.4 Å². The molecule has 1 amide bonds. The summed E-state index contributed by atoms with van der Waals surface area (Å²) in [5.41, 5.74) is -3.35. The van der Waals surface area contributed by atoms with E-state index in [9.17, 15) is 31.1 Å². The Morgan fingerprint density at radius 2 is 1.61 bits per heavy atom. The van der Waals surface area contributed by atoms with Crippen LogP contribution >= 0.6 is 0 Å². The highest BCUT2D eigenvalue weighted by Crippen LogP contribution is 2.36. The van der Waals surface area contributed by atoms with Gasteiger partial charge >= 0.3 is 12.4 Å². The summed E-state index contributed by atoms with van der Waals surface area (Å²) in [5.74, 6) is -0.794. The normalized spacial score (nSPS) is 18.8. The predicted octanol–water partition coefficient (Wildman–Crippen LogP) is 4.92. The molecule has 2 saturated heterocycles. The van der Waals surface area contributed by atoms with Crippen LogP contribution in [0.4, 0.5) is 26.3 Å². The fourth-order valence-electron chi connectivity index (χ4n) is 4.72. The van der Waals surface area contributed by atoms with Crippen LogP contribution in [0.1, 0.15) is 53.0 Å². The Bertz CT molecular complexity index is 1010. The molecule has 5 nitrogen and oxygen atoms in total. The Morgan fingerprint density at radius 1 is 0.970 bits per heavy atom. The number of hydrogen-bond acceptors (Lipinski definition) is 3. The number of halogens is 6. The second kappa shape index (κ2) is 8.66. The van der Waals surface area contributed by atoms with Gasteiger partial charge in [0.1, 0.15) is 0 Å². The third-order valence-corrected chi connectivity index (χ3v) is 6.43. The van der Waals surface area contributed by atoms with Crippen molar-refractivity contribution in [3.63, 3.8) is 0 Å². The third-order valence-electron chi connectivity index (χ3n) is 6.43. The van der Waals surface area contributed by atoms with Gasteiger partial charge in [0, 0.05) is 19.1 Å². The number of alkyl halides is 6. The summed E-state index contributed by atoms with van der Waals surface area (Å²) in [6, 6.07) is 4.18. The highest BCUT2D eigenvalue weighted by Gasteiger charge is 2.43. The topological polar surface area (TPSA) is 41.4 Å². The van der Waals surface area contributed by atoms with E-state index in [1.54, 1.807) is 0 Å². The monoisotopic (exact) mass is 474 g/mol. The Hall–Kier alpha value is -2.56. The lowest BCUT2D eigenvalue weighted by atomic mass is 10.0. The summed E-state index contributed by atoms with van der Waals surface area (Å²) in [4.78, 5) is 16.9. The smallest absolute Gasteiger partial charge is 0.338 e. The fraction of sp³-hybridized carbons (Fsp3) is 0.545. The van der Waals surface area contributed by atoms with Gasteiger partial charge in [-0.05, 0) is 63.9 Å². The Labute approximate surface area is 187 Å². The maximum Gasteiger partial charge on any atom is 0.435 e. The molecule has 3 heterocycles. The van der Waals surface area contributed by atoms with Gasteiger partial charge in [0.25, 0.3) is 5.91 Å².